The van der Waals surface area contributed by atoms with E-state index in [0.717, 1.165) is 12.8 Å². The van der Waals surface area contributed by atoms with Crippen LogP contribution in [0.5, 0.6) is 0 Å². The van der Waals surface area contributed by atoms with Crippen molar-refractivity contribution >= 4 is 5.97 Å². The van der Waals surface area contributed by atoms with Crippen molar-refractivity contribution in [1.82, 2.24) is 4.90 Å². The summed E-state index contributed by atoms with van der Waals surface area (Å²) < 4.78 is 18.6. The molecule has 0 atom stereocenters. The Morgan fingerprint density at radius 3 is 2.79 bits per heavy atom. The normalized spacial score (nSPS) is 14.7. The highest BCUT2D eigenvalue weighted by Crippen LogP contribution is 2.28. The molecule has 104 valence electrons. The van der Waals surface area contributed by atoms with Crippen LogP contribution < -0.4 is 0 Å². The summed E-state index contributed by atoms with van der Waals surface area (Å²) in [4.78, 5) is 13.6. The van der Waals surface area contributed by atoms with Crippen molar-refractivity contribution in [3.8, 4) is 0 Å². The molecule has 1 saturated carbocycles. The Kier molecular flexibility index (Phi) is 4.91. The maximum absolute atomic E-state index is 13.6. The van der Waals surface area contributed by atoms with Crippen LogP contribution in [0.2, 0.25) is 0 Å². The second-order valence-corrected chi connectivity index (χ2v) is 4.85. The van der Waals surface area contributed by atoms with Crippen molar-refractivity contribution in [3.05, 3.63) is 35.6 Å². The second-order valence-electron chi connectivity index (χ2n) is 4.85. The molecule has 1 aromatic rings. The lowest BCUT2D eigenvalue weighted by molar-refractivity contribution is -0.143. The number of carbonyl (C=O) groups is 1. The SMILES string of the molecule is CCOC(=O)CCN(Cc1ccccc1F)C1CC1. The number of hydrogen-bond acceptors (Lipinski definition) is 3. The van der Waals surface area contributed by atoms with Gasteiger partial charge in [-0.25, -0.2) is 4.39 Å². The molecule has 0 heterocycles. The maximum atomic E-state index is 13.6. The maximum Gasteiger partial charge on any atom is 0.307 e. The molecule has 0 N–H and O–H groups in total. The average molecular weight is 265 g/mol. The van der Waals surface area contributed by atoms with E-state index in [1.165, 1.54) is 6.07 Å². The van der Waals surface area contributed by atoms with Gasteiger partial charge in [0.05, 0.1) is 13.0 Å². The molecule has 1 aliphatic rings. The van der Waals surface area contributed by atoms with Gasteiger partial charge in [-0.15, -0.1) is 0 Å². The Morgan fingerprint density at radius 2 is 2.16 bits per heavy atom. The lowest BCUT2D eigenvalue weighted by atomic mass is 10.2. The Bertz CT molecular complexity index is 432. The highest BCUT2D eigenvalue weighted by molar-refractivity contribution is 5.69. The molecule has 0 aliphatic heterocycles. The van der Waals surface area contributed by atoms with E-state index in [-0.39, 0.29) is 11.8 Å². The van der Waals surface area contributed by atoms with E-state index in [9.17, 15) is 9.18 Å². The van der Waals surface area contributed by atoms with Gasteiger partial charge in [0.25, 0.3) is 0 Å². The zero-order valence-corrected chi connectivity index (χ0v) is 11.3. The van der Waals surface area contributed by atoms with E-state index >= 15 is 0 Å². The fraction of sp³-hybridized carbons (Fsp3) is 0.533. The Labute approximate surface area is 113 Å². The van der Waals surface area contributed by atoms with Crippen LogP contribution in [0.15, 0.2) is 24.3 Å². The third kappa shape index (κ3) is 4.31. The lowest BCUT2D eigenvalue weighted by Crippen LogP contribution is -2.29. The molecular weight excluding hydrogens is 245 g/mol. The number of nitrogens with zero attached hydrogens (tertiary/aromatic N) is 1. The molecule has 1 fully saturated rings. The van der Waals surface area contributed by atoms with Gasteiger partial charge in [-0.05, 0) is 25.8 Å². The Morgan fingerprint density at radius 1 is 1.42 bits per heavy atom. The fourth-order valence-corrected chi connectivity index (χ4v) is 2.14. The number of rotatable bonds is 7. The van der Waals surface area contributed by atoms with Gasteiger partial charge >= 0.3 is 5.97 Å². The molecular formula is C15H20FNO2. The minimum atomic E-state index is -0.179. The molecule has 1 aliphatic carbocycles. The van der Waals surface area contributed by atoms with Crippen LogP contribution in [0.1, 0.15) is 31.7 Å². The molecule has 0 spiro atoms. The van der Waals surface area contributed by atoms with Gasteiger partial charge in [-0.3, -0.25) is 9.69 Å². The zero-order chi connectivity index (χ0) is 13.7. The number of benzene rings is 1. The first-order valence-corrected chi connectivity index (χ1v) is 6.83. The summed E-state index contributed by atoms with van der Waals surface area (Å²) >= 11 is 0. The number of carbonyl (C=O) groups excluding carboxylic acids is 1. The van der Waals surface area contributed by atoms with Gasteiger partial charge in [-0.2, -0.15) is 0 Å². The predicted octanol–water partition coefficient (Wildman–Crippen LogP) is 2.74. The summed E-state index contributed by atoms with van der Waals surface area (Å²) in [5.74, 6) is -0.356. The number of esters is 1. The third-order valence-electron chi connectivity index (χ3n) is 3.30. The quantitative estimate of drug-likeness (QED) is 0.710. The largest absolute Gasteiger partial charge is 0.466 e. The van der Waals surface area contributed by atoms with E-state index in [0.29, 0.717) is 37.7 Å². The van der Waals surface area contributed by atoms with E-state index in [4.69, 9.17) is 4.74 Å². The highest BCUT2D eigenvalue weighted by atomic mass is 19.1. The summed E-state index contributed by atoms with van der Waals surface area (Å²) in [6.07, 6.45) is 2.65. The van der Waals surface area contributed by atoms with Crippen LogP contribution in [-0.4, -0.2) is 30.1 Å². The minimum Gasteiger partial charge on any atom is -0.466 e. The van der Waals surface area contributed by atoms with Crippen LogP contribution in [-0.2, 0) is 16.1 Å². The van der Waals surface area contributed by atoms with Crippen molar-refractivity contribution in [3.63, 3.8) is 0 Å². The summed E-state index contributed by atoms with van der Waals surface area (Å²) in [5, 5.41) is 0. The summed E-state index contributed by atoms with van der Waals surface area (Å²) in [5.41, 5.74) is 0.693. The first kappa shape index (κ1) is 14.0. The van der Waals surface area contributed by atoms with Crippen molar-refractivity contribution in [1.29, 1.82) is 0 Å². The fourth-order valence-electron chi connectivity index (χ4n) is 2.14. The average Bonchev–Trinajstić information content (AvgIpc) is 3.21. The minimum absolute atomic E-state index is 0.177. The van der Waals surface area contributed by atoms with Crippen LogP contribution in [0.25, 0.3) is 0 Å². The number of ether oxygens (including phenoxy) is 1. The molecule has 0 radical (unpaired) electrons. The van der Waals surface area contributed by atoms with Gasteiger partial charge in [-0.1, -0.05) is 18.2 Å². The van der Waals surface area contributed by atoms with Crippen LogP contribution in [0, 0.1) is 5.82 Å². The Hall–Kier alpha value is -1.42. The summed E-state index contributed by atoms with van der Waals surface area (Å²) in [6.45, 7) is 3.42. The summed E-state index contributed by atoms with van der Waals surface area (Å²) in [6, 6.07) is 7.31. The molecule has 3 nitrogen and oxygen atoms in total. The molecule has 0 unspecified atom stereocenters. The molecule has 0 amide bonds. The smallest absolute Gasteiger partial charge is 0.307 e. The van der Waals surface area contributed by atoms with Gasteiger partial charge < -0.3 is 4.74 Å². The molecule has 19 heavy (non-hydrogen) atoms. The summed E-state index contributed by atoms with van der Waals surface area (Å²) in [7, 11) is 0. The molecule has 0 bridgehead atoms. The number of halogens is 1. The van der Waals surface area contributed by atoms with Crippen LogP contribution in [0.4, 0.5) is 4.39 Å². The molecule has 0 saturated heterocycles. The zero-order valence-electron chi connectivity index (χ0n) is 11.3. The van der Waals surface area contributed by atoms with Crippen LogP contribution in [0.3, 0.4) is 0 Å². The lowest BCUT2D eigenvalue weighted by Gasteiger charge is -2.21. The molecule has 4 heteroatoms. The van der Waals surface area contributed by atoms with Crippen molar-refractivity contribution in [2.24, 2.45) is 0 Å². The monoisotopic (exact) mass is 265 g/mol. The predicted molar refractivity (Wildman–Crippen MR) is 71.1 cm³/mol. The van der Waals surface area contributed by atoms with Gasteiger partial charge in [0.2, 0.25) is 0 Å². The third-order valence-corrected chi connectivity index (χ3v) is 3.30. The van der Waals surface area contributed by atoms with Gasteiger partial charge in [0.15, 0.2) is 0 Å². The van der Waals surface area contributed by atoms with Crippen molar-refractivity contribution in [2.45, 2.75) is 38.8 Å². The van der Waals surface area contributed by atoms with E-state index < -0.39 is 0 Å². The van der Waals surface area contributed by atoms with Crippen molar-refractivity contribution < 1.29 is 13.9 Å². The Balaban J connectivity index is 1.90. The van der Waals surface area contributed by atoms with Crippen molar-refractivity contribution in [2.75, 3.05) is 13.2 Å². The van der Waals surface area contributed by atoms with E-state index in [1.54, 1.807) is 19.1 Å². The van der Waals surface area contributed by atoms with Gasteiger partial charge in [0.1, 0.15) is 5.82 Å². The molecule has 0 aromatic heterocycles. The number of hydrogen-bond donors (Lipinski definition) is 0. The van der Waals surface area contributed by atoms with Crippen LogP contribution >= 0.6 is 0 Å². The standard InChI is InChI=1S/C15H20FNO2/c1-2-19-15(18)9-10-17(13-7-8-13)11-12-5-3-4-6-14(12)16/h3-6,13H,2,7-11H2,1H3. The van der Waals surface area contributed by atoms with E-state index in [1.807, 2.05) is 6.07 Å². The first-order valence-electron chi connectivity index (χ1n) is 6.83. The molecule has 1 aromatic carbocycles. The second kappa shape index (κ2) is 6.66. The first-order chi connectivity index (χ1) is 9.20. The van der Waals surface area contributed by atoms with Gasteiger partial charge in [0, 0.05) is 24.7 Å². The van der Waals surface area contributed by atoms with E-state index in [2.05, 4.69) is 4.90 Å². The highest BCUT2D eigenvalue weighted by Gasteiger charge is 2.29. The topological polar surface area (TPSA) is 29.5 Å². The molecule has 2 rings (SSSR count).